The molecule has 1 atom stereocenters. The molecule has 0 fully saturated rings. The molecule has 122 valence electrons. The number of aliphatic imine (C=N–C) groups is 1. The molecule has 1 heterocycles. The van der Waals surface area contributed by atoms with Crippen LogP contribution >= 0.6 is 0 Å². The highest BCUT2D eigenvalue weighted by atomic mass is 19.1. The van der Waals surface area contributed by atoms with Gasteiger partial charge in [-0.05, 0) is 54.5 Å². The first-order valence-electron chi connectivity index (χ1n) is 7.37. The summed E-state index contributed by atoms with van der Waals surface area (Å²) in [5.74, 6) is -0.492. The van der Waals surface area contributed by atoms with E-state index in [-0.39, 0.29) is 17.9 Å². The second kappa shape index (κ2) is 6.16. The molecule has 0 saturated carbocycles. The van der Waals surface area contributed by atoms with Crippen LogP contribution in [0.4, 0.5) is 4.39 Å². The molecule has 5 nitrogen and oxygen atoms in total. The molecule has 24 heavy (non-hydrogen) atoms. The molecule has 1 amide bonds. The molecule has 2 aromatic rings. The predicted octanol–water partition coefficient (Wildman–Crippen LogP) is 2.45. The van der Waals surface area contributed by atoms with Crippen molar-refractivity contribution in [1.82, 2.24) is 0 Å². The van der Waals surface area contributed by atoms with Crippen LogP contribution < -0.4 is 16.2 Å². The standard InChI is InChI=1S/C18H16FN3O2/c1-10-8-14(11-2-5-13(19)6-3-11)15-9-12(4-7-16(15)24-10)17(23)22-18(20)21/h2-10H,1H3,(H4,20,21,22,23). The summed E-state index contributed by atoms with van der Waals surface area (Å²) in [4.78, 5) is 15.6. The zero-order valence-electron chi connectivity index (χ0n) is 13.0. The monoisotopic (exact) mass is 325 g/mol. The van der Waals surface area contributed by atoms with Crippen molar-refractivity contribution in [3.05, 3.63) is 71.0 Å². The van der Waals surface area contributed by atoms with Crippen molar-refractivity contribution in [1.29, 1.82) is 0 Å². The van der Waals surface area contributed by atoms with Crippen LogP contribution in [0.25, 0.3) is 5.57 Å². The number of nitrogens with zero attached hydrogens (tertiary/aromatic N) is 1. The molecule has 0 aromatic heterocycles. The molecule has 1 unspecified atom stereocenters. The minimum absolute atomic E-state index is 0.142. The van der Waals surface area contributed by atoms with Crippen molar-refractivity contribution in [3.8, 4) is 5.75 Å². The Balaban J connectivity index is 2.09. The van der Waals surface area contributed by atoms with E-state index in [1.165, 1.54) is 12.1 Å². The lowest BCUT2D eigenvalue weighted by Crippen LogP contribution is -2.24. The van der Waals surface area contributed by atoms with Crippen molar-refractivity contribution in [3.63, 3.8) is 0 Å². The number of ether oxygens (including phenoxy) is 1. The quantitative estimate of drug-likeness (QED) is 0.655. The lowest BCUT2D eigenvalue weighted by Gasteiger charge is -2.24. The normalized spacial score (nSPS) is 15.8. The van der Waals surface area contributed by atoms with E-state index >= 15 is 0 Å². The van der Waals surface area contributed by atoms with Gasteiger partial charge in [0.25, 0.3) is 5.91 Å². The molecule has 0 saturated heterocycles. The van der Waals surface area contributed by atoms with Crippen LogP contribution in [0.15, 0.2) is 53.5 Å². The van der Waals surface area contributed by atoms with Gasteiger partial charge in [0.1, 0.15) is 17.7 Å². The van der Waals surface area contributed by atoms with Gasteiger partial charge >= 0.3 is 0 Å². The summed E-state index contributed by atoms with van der Waals surface area (Å²) in [6, 6.07) is 11.1. The van der Waals surface area contributed by atoms with E-state index in [0.717, 1.165) is 16.7 Å². The van der Waals surface area contributed by atoms with Crippen LogP contribution in [0.1, 0.15) is 28.4 Å². The van der Waals surface area contributed by atoms with Crippen molar-refractivity contribution in [2.75, 3.05) is 0 Å². The number of carbonyl (C=O) groups excluding carboxylic acids is 1. The number of nitrogens with two attached hydrogens (primary N) is 2. The van der Waals surface area contributed by atoms with Gasteiger partial charge in [0.05, 0.1) is 0 Å². The second-order valence-corrected chi connectivity index (χ2v) is 5.46. The Kier molecular flexibility index (Phi) is 4.04. The third-order valence-electron chi connectivity index (χ3n) is 3.62. The van der Waals surface area contributed by atoms with E-state index in [1.54, 1.807) is 30.3 Å². The zero-order chi connectivity index (χ0) is 17.3. The Hall–Kier alpha value is -3.15. The molecule has 4 N–H and O–H groups in total. The van der Waals surface area contributed by atoms with Crippen LogP contribution in [-0.4, -0.2) is 18.0 Å². The molecular weight excluding hydrogens is 309 g/mol. The maximum Gasteiger partial charge on any atom is 0.280 e. The summed E-state index contributed by atoms with van der Waals surface area (Å²) in [5.41, 5.74) is 13.3. The van der Waals surface area contributed by atoms with Crippen LogP contribution in [0.2, 0.25) is 0 Å². The van der Waals surface area contributed by atoms with Gasteiger partial charge in [-0.25, -0.2) is 4.39 Å². The third kappa shape index (κ3) is 3.12. The van der Waals surface area contributed by atoms with Gasteiger partial charge in [0.2, 0.25) is 0 Å². The summed E-state index contributed by atoms with van der Waals surface area (Å²) < 4.78 is 19.0. The van der Waals surface area contributed by atoms with E-state index in [4.69, 9.17) is 16.2 Å². The summed E-state index contributed by atoms with van der Waals surface area (Å²) in [6.45, 7) is 1.91. The summed E-state index contributed by atoms with van der Waals surface area (Å²) >= 11 is 0. The maximum absolute atomic E-state index is 13.2. The fraction of sp³-hybridized carbons (Fsp3) is 0.111. The number of guanidine groups is 1. The van der Waals surface area contributed by atoms with Gasteiger partial charge in [0.15, 0.2) is 5.96 Å². The number of hydrogen-bond acceptors (Lipinski definition) is 2. The lowest BCUT2D eigenvalue weighted by molar-refractivity contribution is 0.100. The van der Waals surface area contributed by atoms with Crippen molar-refractivity contribution >= 4 is 17.4 Å². The number of rotatable bonds is 2. The first kappa shape index (κ1) is 15.7. The van der Waals surface area contributed by atoms with Crippen LogP contribution in [0.5, 0.6) is 5.75 Å². The third-order valence-corrected chi connectivity index (χ3v) is 3.62. The topological polar surface area (TPSA) is 90.7 Å². The molecule has 0 bridgehead atoms. The largest absolute Gasteiger partial charge is 0.486 e. The van der Waals surface area contributed by atoms with Gasteiger partial charge in [-0.3, -0.25) is 4.79 Å². The van der Waals surface area contributed by atoms with Crippen LogP contribution in [-0.2, 0) is 0 Å². The number of hydrogen-bond donors (Lipinski definition) is 2. The Morgan fingerprint density at radius 3 is 2.54 bits per heavy atom. The van der Waals surface area contributed by atoms with E-state index < -0.39 is 5.91 Å². The molecule has 1 aliphatic heterocycles. The lowest BCUT2D eigenvalue weighted by atomic mass is 9.92. The number of fused-ring (bicyclic) bond motifs is 1. The predicted molar refractivity (Wildman–Crippen MR) is 90.2 cm³/mol. The van der Waals surface area contributed by atoms with Gasteiger partial charge < -0.3 is 16.2 Å². The Morgan fingerprint density at radius 1 is 1.17 bits per heavy atom. The Bertz CT molecular complexity index is 853. The van der Waals surface area contributed by atoms with Crippen molar-refractivity contribution < 1.29 is 13.9 Å². The number of amides is 1. The van der Waals surface area contributed by atoms with Crippen LogP contribution in [0.3, 0.4) is 0 Å². The number of halogens is 1. The summed E-state index contributed by atoms with van der Waals surface area (Å²) in [7, 11) is 0. The van der Waals surface area contributed by atoms with Gasteiger partial charge in [-0.1, -0.05) is 12.1 Å². The molecule has 3 rings (SSSR count). The molecule has 6 heteroatoms. The molecule has 2 aromatic carbocycles. The first-order valence-corrected chi connectivity index (χ1v) is 7.37. The molecule has 0 aliphatic carbocycles. The first-order chi connectivity index (χ1) is 11.4. The SMILES string of the molecule is CC1C=C(c2ccc(F)cc2)c2cc(C(=O)N=C(N)N)ccc2O1. The fourth-order valence-electron chi connectivity index (χ4n) is 2.60. The number of carbonyl (C=O) groups is 1. The van der Waals surface area contributed by atoms with E-state index in [1.807, 2.05) is 13.0 Å². The summed E-state index contributed by atoms with van der Waals surface area (Å²) in [6.07, 6.45) is 1.78. The highest BCUT2D eigenvalue weighted by Gasteiger charge is 2.21. The fourth-order valence-corrected chi connectivity index (χ4v) is 2.60. The average molecular weight is 325 g/mol. The molecular formula is C18H16FN3O2. The zero-order valence-corrected chi connectivity index (χ0v) is 13.0. The molecule has 1 aliphatic rings. The second-order valence-electron chi connectivity index (χ2n) is 5.46. The molecule has 0 spiro atoms. The van der Waals surface area contributed by atoms with Gasteiger partial charge in [-0.2, -0.15) is 4.99 Å². The highest BCUT2D eigenvalue weighted by molar-refractivity contribution is 6.03. The molecule has 0 radical (unpaired) electrons. The minimum atomic E-state index is -0.533. The summed E-state index contributed by atoms with van der Waals surface area (Å²) in [5, 5.41) is 0. The average Bonchev–Trinajstić information content (AvgIpc) is 2.53. The van der Waals surface area contributed by atoms with Crippen molar-refractivity contribution in [2.24, 2.45) is 16.5 Å². The van der Waals surface area contributed by atoms with Crippen molar-refractivity contribution in [2.45, 2.75) is 13.0 Å². The highest BCUT2D eigenvalue weighted by Crippen LogP contribution is 2.36. The van der Waals surface area contributed by atoms with Gasteiger partial charge in [0, 0.05) is 11.1 Å². The van der Waals surface area contributed by atoms with Crippen LogP contribution in [0, 0.1) is 5.82 Å². The Labute approximate surface area is 138 Å². The maximum atomic E-state index is 13.2. The smallest absolute Gasteiger partial charge is 0.280 e. The van der Waals surface area contributed by atoms with E-state index in [0.29, 0.717) is 11.3 Å². The number of benzene rings is 2. The minimum Gasteiger partial charge on any atom is -0.486 e. The van der Waals surface area contributed by atoms with Gasteiger partial charge in [-0.15, -0.1) is 0 Å². The van der Waals surface area contributed by atoms with E-state index in [2.05, 4.69) is 4.99 Å². The van der Waals surface area contributed by atoms with E-state index in [9.17, 15) is 9.18 Å². The Morgan fingerprint density at radius 2 is 1.88 bits per heavy atom.